The Hall–Kier alpha value is -2.67. The van der Waals surface area contributed by atoms with Crippen LogP contribution in [-0.2, 0) is 19.4 Å². The van der Waals surface area contributed by atoms with E-state index in [1.165, 1.54) is 12.1 Å². The molecule has 1 N–H and O–H groups in total. The average molecular weight is 386 g/mol. The first-order chi connectivity index (χ1) is 12.9. The van der Waals surface area contributed by atoms with Gasteiger partial charge < -0.3 is 10.2 Å². The van der Waals surface area contributed by atoms with Gasteiger partial charge in [0, 0.05) is 30.3 Å². The van der Waals surface area contributed by atoms with Crippen molar-refractivity contribution in [1.29, 1.82) is 0 Å². The van der Waals surface area contributed by atoms with Gasteiger partial charge in [-0.05, 0) is 49.7 Å². The Morgan fingerprint density at radius 3 is 2.37 bits per heavy atom. The summed E-state index contributed by atoms with van der Waals surface area (Å²) in [5.74, 6) is -0.515. The van der Waals surface area contributed by atoms with Crippen LogP contribution in [0.3, 0.4) is 0 Å². The summed E-state index contributed by atoms with van der Waals surface area (Å²) in [6, 6.07) is 15.3. The molecule has 7 heteroatoms. The highest BCUT2D eigenvalue weighted by atomic mass is 32.2. The Labute approximate surface area is 159 Å². The van der Waals surface area contributed by atoms with Crippen LogP contribution in [0.25, 0.3) is 0 Å². The molecule has 0 radical (unpaired) electrons. The lowest BCUT2D eigenvalue weighted by Crippen LogP contribution is -2.30. The molecule has 3 rings (SSSR count). The molecule has 0 bridgehead atoms. The predicted molar refractivity (Wildman–Crippen MR) is 104 cm³/mol. The molecule has 1 saturated heterocycles. The number of benzene rings is 2. The molecule has 1 aliphatic rings. The summed E-state index contributed by atoms with van der Waals surface area (Å²) in [7, 11) is -3.48. The van der Waals surface area contributed by atoms with Gasteiger partial charge in [-0.25, -0.2) is 8.42 Å². The van der Waals surface area contributed by atoms with Gasteiger partial charge in [0.2, 0.25) is 11.8 Å². The van der Waals surface area contributed by atoms with E-state index < -0.39 is 9.84 Å². The third kappa shape index (κ3) is 4.54. The molecule has 0 aromatic heterocycles. The molecule has 6 nitrogen and oxygen atoms in total. The van der Waals surface area contributed by atoms with Gasteiger partial charge in [-0.3, -0.25) is 9.59 Å². The largest absolute Gasteiger partial charge is 0.326 e. The molecular formula is C20H22N2O4S. The predicted octanol–water partition coefficient (Wildman–Crippen LogP) is 3.00. The lowest BCUT2D eigenvalue weighted by atomic mass is 10.2. The number of sulfone groups is 1. The summed E-state index contributed by atoms with van der Waals surface area (Å²) in [6.45, 7) is 2.01. The van der Waals surface area contributed by atoms with E-state index in [0.717, 1.165) is 12.1 Å². The van der Waals surface area contributed by atoms with E-state index in [0.29, 0.717) is 12.1 Å². The number of hydrogen-bond acceptors (Lipinski definition) is 4. The maximum atomic E-state index is 12.2. The molecule has 27 heavy (non-hydrogen) atoms. The maximum absolute atomic E-state index is 12.2. The summed E-state index contributed by atoms with van der Waals surface area (Å²) >= 11 is 0. The lowest BCUT2D eigenvalue weighted by molar-refractivity contribution is -0.117. The summed E-state index contributed by atoms with van der Waals surface area (Å²) < 4.78 is 24.4. The molecule has 2 amide bonds. The van der Waals surface area contributed by atoms with Gasteiger partial charge in [-0.2, -0.15) is 0 Å². The fraction of sp³-hybridized carbons (Fsp3) is 0.300. The normalized spacial score (nSPS) is 17.1. The van der Waals surface area contributed by atoms with E-state index in [9.17, 15) is 18.0 Å². The molecule has 2 aromatic carbocycles. The third-order valence-corrected chi connectivity index (χ3v) is 6.35. The van der Waals surface area contributed by atoms with Gasteiger partial charge in [-0.15, -0.1) is 0 Å². The van der Waals surface area contributed by atoms with Gasteiger partial charge >= 0.3 is 0 Å². The second-order valence-corrected chi connectivity index (χ2v) is 8.74. The van der Waals surface area contributed by atoms with Crippen molar-refractivity contribution in [1.82, 2.24) is 0 Å². The summed E-state index contributed by atoms with van der Waals surface area (Å²) in [4.78, 5) is 26.0. The molecule has 142 valence electrons. The Kier molecular flexibility index (Phi) is 5.60. The van der Waals surface area contributed by atoms with Gasteiger partial charge in [0.25, 0.3) is 0 Å². The fourth-order valence-electron chi connectivity index (χ4n) is 3.13. The molecule has 1 atom stereocenters. The summed E-state index contributed by atoms with van der Waals surface area (Å²) in [6.07, 6.45) is 1.27. The fourth-order valence-corrected chi connectivity index (χ4v) is 4.39. The highest BCUT2D eigenvalue weighted by Gasteiger charge is 2.28. The van der Waals surface area contributed by atoms with Gasteiger partial charge in [0.05, 0.1) is 10.6 Å². The Balaban J connectivity index is 1.58. The highest BCUT2D eigenvalue weighted by Crippen LogP contribution is 2.27. The quantitative estimate of drug-likeness (QED) is 0.827. The van der Waals surface area contributed by atoms with Crippen LogP contribution < -0.4 is 10.2 Å². The number of hydrogen-bond donors (Lipinski definition) is 1. The summed E-state index contributed by atoms with van der Waals surface area (Å²) in [5.41, 5.74) is 1.37. The van der Waals surface area contributed by atoms with Crippen LogP contribution in [0.5, 0.6) is 0 Å². The van der Waals surface area contributed by atoms with Crippen LogP contribution in [0.15, 0.2) is 59.5 Å². The smallest absolute Gasteiger partial charge is 0.227 e. The molecular weight excluding hydrogens is 364 g/mol. The van der Waals surface area contributed by atoms with Crippen LogP contribution >= 0.6 is 0 Å². The van der Waals surface area contributed by atoms with Gasteiger partial charge in [0.15, 0.2) is 9.84 Å². The van der Waals surface area contributed by atoms with Crippen molar-refractivity contribution in [2.45, 2.75) is 37.1 Å². The molecule has 1 aliphatic heterocycles. The Morgan fingerprint density at radius 2 is 1.78 bits per heavy atom. The number of amides is 2. The zero-order chi connectivity index (χ0) is 19.4. The van der Waals surface area contributed by atoms with E-state index in [4.69, 9.17) is 0 Å². The zero-order valence-corrected chi connectivity index (χ0v) is 15.9. The van der Waals surface area contributed by atoms with Crippen LogP contribution in [-0.4, -0.2) is 32.0 Å². The van der Waals surface area contributed by atoms with Crippen molar-refractivity contribution in [2.75, 3.05) is 16.0 Å². The number of carbonyl (C=O) groups is 2. The molecule has 1 fully saturated rings. The van der Waals surface area contributed by atoms with Crippen molar-refractivity contribution < 1.29 is 18.0 Å². The lowest BCUT2D eigenvalue weighted by Gasteiger charge is -2.21. The van der Waals surface area contributed by atoms with Gasteiger partial charge in [-0.1, -0.05) is 18.2 Å². The number of anilines is 2. The minimum absolute atomic E-state index is 0.102. The van der Waals surface area contributed by atoms with Crippen LogP contribution in [0.2, 0.25) is 0 Å². The second-order valence-electron chi connectivity index (χ2n) is 6.63. The van der Waals surface area contributed by atoms with E-state index >= 15 is 0 Å². The van der Waals surface area contributed by atoms with Crippen molar-refractivity contribution in [3.8, 4) is 0 Å². The van der Waals surface area contributed by atoms with Crippen molar-refractivity contribution in [2.24, 2.45) is 0 Å². The number of rotatable bonds is 6. The van der Waals surface area contributed by atoms with Crippen LogP contribution in [0, 0.1) is 0 Å². The summed E-state index contributed by atoms with van der Waals surface area (Å²) in [5, 5.41) is 2.70. The third-order valence-electron chi connectivity index (χ3n) is 4.61. The van der Waals surface area contributed by atoms with Gasteiger partial charge in [0.1, 0.15) is 0 Å². The van der Waals surface area contributed by atoms with Crippen molar-refractivity contribution in [3.63, 3.8) is 0 Å². The first-order valence-electron chi connectivity index (χ1n) is 8.86. The Morgan fingerprint density at radius 1 is 1.11 bits per heavy atom. The molecule has 1 heterocycles. The van der Waals surface area contributed by atoms with E-state index in [-0.39, 0.29) is 34.9 Å². The minimum Gasteiger partial charge on any atom is -0.326 e. The van der Waals surface area contributed by atoms with E-state index in [2.05, 4.69) is 5.32 Å². The first kappa shape index (κ1) is 19.1. The Bertz CT molecular complexity index is 924. The standard InChI is InChI=1S/C20H22N2O4S/c1-15-7-12-20(24)22(15)17-10-8-16(9-11-17)21-19(23)13-14-27(25,26)18-5-3-2-4-6-18/h2-6,8-11,15H,7,12-14H2,1H3,(H,21,23). The second kappa shape index (κ2) is 7.92. The SMILES string of the molecule is CC1CCC(=O)N1c1ccc(NC(=O)CCS(=O)(=O)c2ccccc2)cc1. The first-order valence-corrected chi connectivity index (χ1v) is 10.5. The molecule has 1 unspecified atom stereocenters. The topological polar surface area (TPSA) is 83.6 Å². The average Bonchev–Trinajstić information content (AvgIpc) is 3.00. The number of carbonyl (C=O) groups excluding carboxylic acids is 2. The molecule has 0 saturated carbocycles. The molecule has 2 aromatic rings. The van der Waals surface area contributed by atoms with E-state index in [1.54, 1.807) is 47.4 Å². The van der Waals surface area contributed by atoms with Crippen molar-refractivity contribution in [3.05, 3.63) is 54.6 Å². The maximum Gasteiger partial charge on any atom is 0.227 e. The van der Waals surface area contributed by atoms with E-state index in [1.807, 2.05) is 6.92 Å². The van der Waals surface area contributed by atoms with Crippen LogP contribution in [0.1, 0.15) is 26.2 Å². The van der Waals surface area contributed by atoms with Crippen LogP contribution in [0.4, 0.5) is 11.4 Å². The minimum atomic E-state index is -3.48. The molecule has 0 aliphatic carbocycles. The zero-order valence-electron chi connectivity index (χ0n) is 15.1. The number of nitrogens with one attached hydrogen (secondary N) is 1. The highest BCUT2D eigenvalue weighted by molar-refractivity contribution is 7.91. The van der Waals surface area contributed by atoms with Crippen molar-refractivity contribution >= 4 is 33.0 Å². The molecule has 0 spiro atoms. The number of nitrogens with zero attached hydrogens (tertiary/aromatic N) is 1. The monoisotopic (exact) mass is 386 g/mol.